The Morgan fingerprint density at radius 2 is 2.04 bits per heavy atom. The number of nitrogens with one attached hydrogen (secondary N) is 1. The van der Waals surface area contributed by atoms with Crippen molar-refractivity contribution in [3.8, 4) is 17.0 Å². The molecule has 0 aliphatic carbocycles. The molecule has 2 heterocycles. The summed E-state index contributed by atoms with van der Waals surface area (Å²) in [5, 5.41) is 6.43. The molecule has 27 heavy (non-hydrogen) atoms. The van der Waals surface area contributed by atoms with Crippen LogP contribution in [0.2, 0.25) is 0 Å². The van der Waals surface area contributed by atoms with Crippen LogP contribution in [0.25, 0.3) is 11.3 Å². The van der Waals surface area contributed by atoms with Gasteiger partial charge in [0.05, 0.1) is 23.0 Å². The SMILES string of the molecule is CCCCc1nc(C)c(C(=O)Nc2nc(-c3ccccc3OCC)cs2)s1. The fourth-order valence-electron chi connectivity index (χ4n) is 2.67. The number of hydrogen-bond acceptors (Lipinski definition) is 6. The summed E-state index contributed by atoms with van der Waals surface area (Å²) in [6, 6.07) is 7.79. The van der Waals surface area contributed by atoms with E-state index in [4.69, 9.17) is 4.74 Å². The molecule has 0 saturated carbocycles. The molecule has 0 unspecified atom stereocenters. The molecule has 0 aliphatic rings. The molecule has 142 valence electrons. The molecule has 0 saturated heterocycles. The number of para-hydroxylation sites is 1. The molecule has 0 atom stereocenters. The van der Waals surface area contributed by atoms with E-state index in [-0.39, 0.29) is 5.91 Å². The summed E-state index contributed by atoms with van der Waals surface area (Å²) >= 11 is 2.88. The quantitative estimate of drug-likeness (QED) is 0.536. The average molecular weight is 402 g/mol. The van der Waals surface area contributed by atoms with Gasteiger partial charge in [-0.05, 0) is 38.8 Å². The zero-order valence-electron chi connectivity index (χ0n) is 15.7. The van der Waals surface area contributed by atoms with E-state index in [0.717, 1.165) is 47.0 Å². The highest BCUT2D eigenvalue weighted by Crippen LogP contribution is 2.32. The van der Waals surface area contributed by atoms with Gasteiger partial charge in [0, 0.05) is 10.9 Å². The second-order valence-electron chi connectivity index (χ2n) is 6.05. The number of amides is 1. The monoisotopic (exact) mass is 401 g/mol. The Morgan fingerprint density at radius 3 is 2.81 bits per heavy atom. The smallest absolute Gasteiger partial charge is 0.269 e. The number of aryl methyl sites for hydroxylation is 2. The molecule has 1 N–H and O–H groups in total. The minimum Gasteiger partial charge on any atom is -0.493 e. The summed E-state index contributed by atoms with van der Waals surface area (Å²) < 4.78 is 5.67. The van der Waals surface area contributed by atoms with E-state index in [0.29, 0.717) is 16.6 Å². The van der Waals surface area contributed by atoms with Gasteiger partial charge in [0.1, 0.15) is 10.6 Å². The maximum absolute atomic E-state index is 12.6. The Hall–Kier alpha value is -2.25. The highest BCUT2D eigenvalue weighted by Gasteiger charge is 2.17. The zero-order valence-corrected chi connectivity index (χ0v) is 17.4. The lowest BCUT2D eigenvalue weighted by atomic mass is 10.1. The summed E-state index contributed by atoms with van der Waals surface area (Å²) in [5.74, 6) is 0.647. The number of aromatic nitrogens is 2. The first-order chi connectivity index (χ1) is 13.1. The third kappa shape index (κ3) is 4.73. The molecule has 5 nitrogen and oxygen atoms in total. The highest BCUT2D eigenvalue weighted by atomic mass is 32.1. The van der Waals surface area contributed by atoms with Crippen LogP contribution in [0.5, 0.6) is 5.75 Å². The summed E-state index contributed by atoms with van der Waals surface area (Å²) in [6.45, 7) is 6.58. The van der Waals surface area contributed by atoms with Gasteiger partial charge >= 0.3 is 0 Å². The van der Waals surface area contributed by atoms with Gasteiger partial charge in [-0.15, -0.1) is 22.7 Å². The third-order valence-electron chi connectivity index (χ3n) is 3.98. The maximum atomic E-state index is 12.6. The van der Waals surface area contributed by atoms with Crippen LogP contribution < -0.4 is 10.1 Å². The highest BCUT2D eigenvalue weighted by molar-refractivity contribution is 7.15. The number of rotatable bonds is 8. The molecule has 1 amide bonds. The van der Waals surface area contributed by atoms with E-state index in [9.17, 15) is 4.79 Å². The number of hydrogen-bond donors (Lipinski definition) is 1. The van der Waals surface area contributed by atoms with Crippen LogP contribution in [0, 0.1) is 6.92 Å². The molecule has 0 fully saturated rings. The van der Waals surface area contributed by atoms with Crippen LogP contribution in [0.15, 0.2) is 29.6 Å². The standard InChI is InChI=1S/C20H23N3O2S2/c1-4-6-11-17-21-13(3)18(27-17)19(24)23-20-22-15(12-26-20)14-9-7-8-10-16(14)25-5-2/h7-10,12H,4-6,11H2,1-3H3,(H,22,23,24). The Balaban J connectivity index is 1.74. The molecule has 0 bridgehead atoms. The van der Waals surface area contributed by atoms with Crippen LogP contribution in [0.4, 0.5) is 5.13 Å². The molecule has 3 aromatic rings. The summed E-state index contributed by atoms with van der Waals surface area (Å²) in [6.07, 6.45) is 3.12. The van der Waals surface area contributed by atoms with Gasteiger partial charge in [0.2, 0.25) is 0 Å². The molecule has 3 rings (SSSR count). The van der Waals surface area contributed by atoms with Crippen molar-refractivity contribution in [2.24, 2.45) is 0 Å². The van der Waals surface area contributed by atoms with E-state index in [1.807, 2.05) is 43.5 Å². The molecule has 7 heteroatoms. The third-order valence-corrected chi connectivity index (χ3v) is 5.95. The minimum absolute atomic E-state index is 0.147. The predicted molar refractivity (Wildman–Crippen MR) is 112 cm³/mol. The molecule has 0 radical (unpaired) electrons. The molecular weight excluding hydrogens is 378 g/mol. The van der Waals surface area contributed by atoms with Crippen molar-refractivity contribution in [3.63, 3.8) is 0 Å². The van der Waals surface area contributed by atoms with Crippen molar-refractivity contribution in [2.45, 2.75) is 40.0 Å². The Bertz CT molecular complexity index is 918. The topological polar surface area (TPSA) is 64.1 Å². The fraction of sp³-hybridized carbons (Fsp3) is 0.350. The molecule has 1 aromatic carbocycles. The van der Waals surface area contributed by atoms with E-state index in [1.54, 1.807) is 0 Å². The second-order valence-corrected chi connectivity index (χ2v) is 7.99. The van der Waals surface area contributed by atoms with Crippen molar-refractivity contribution < 1.29 is 9.53 Å². The largest absolute Gasteiger partial charge is 0.493 e. The van der Waals surface area contributed by atoms with Gasteiger partial charge < -0.3 is 4.74 Å². The van der Waals surface area contributed by atoms with Crippen molar-refractivity contribution in [1.29, 1.82) is 0 Å². The number of anilines is 1. The normalized spacial score (nSPS) is 10.8. The summed E-state index contributed by atoms with van der Waals surface area (Å²) in [5.41, 5.74) is 2.50. The first-order valence-corrected chi connectivity index (χ1v) is 10.8. The average Bonchev–Trinajstić information content (AvgIpc) is 3.27. The van der Waals surface area contributed by atoms with Crippen LogP contribution in [-0.2, 0) is 6.42 Å². The Kier molecular flexibility index (Phi) is 6.58. The lowest BCUT2D eigenvalue weighted by molar-refractivity contribution is 0.103. The molecule has 0 aliphatic heterocycles. The number of ether oxygens (including phenoxy) is 1. The number of carbonyl (C=O) groups excluding carboxylic acids is 1. The second kappa shape index (κ2) is 9.10. The summed E-state index contributed by atoms with van der Waals surface area (Å²) in [7, 11) is 0. The summed E-state index contributed by atoms with van der Waals surface area (Å²) in [4.78, 5) is 22.4. The Labute approximate surface area is 167 Å². The lowest BCUT2D eigenvalue weighted by Gasteiger charge is -2.07. The molecular formula is C20H23N3O2S2. The number of thiazole rings is 2. The van der Waals surface area contributed by atoms with Crippen LogP contribution in [-0.4, -0.2) is 22.5 Å². The van der Waals surface area contributed by atoms with Gasteiger partial charge in [-0.3, -0.25) is 10.1 Å². The van der Waals surface area contributed by atoms with Crippen molar-refractivity contribution in [3.05, 3.63) is 45.2 Å². The van der Waals surface area contributed by atoms with Crippen LogP contribution in [0.1, 0.15) is 47.1 Å². The van der Waals surface area contributed by atoms with Crippen molar-refractivity contribution in [1.82, 2.24) is 9.97 Å². The zero-order chi connectivity index (χ0) is 19.2. The first-order valence-electron chi connectivity index (χ1n) is 9.07. The van der Waals surface area contributed by atoms with Gasteiger partial charge in [-0.25, -0.2) is 9.97 Å². The number of nitrogens with zero attached hydrogens (tertiary/aromatic N) is 2. The molecule has 0 spiro atoms. The van der Waals surface area contributed by atoms with Gasteiger partial charge in [0.15, 0.2) is 5.13 Å². The van der Waals surface area contributed by atoms with Gasteiger partial charge in [-0.1, -0.05) is 25.5 Å². The predicted octanol–water partition coefficient (Wildman–Crippen LogP) is 5.57. The van der Waals surface area contributed by atoms with E-state index < -0.39 is 0 Å². The number of carbonyl (C=O) groups is 1. The van der Waals surface area contributed by atoms with E-state index in [2.05, 4.69) is 22.2 Å². The Morgan fingerprint density at radius 1 is 1.22 bits per heavy atom. The fourth-order valence-corrected chi connectivity index (χ4v) is 4.37. The number of benzene rings is 1. The van der Waals surface area contributed by atoms with Crippen molar-refractivity contribution in [2.75, 3.05) is 11.9 Å². The lowest BCUT2D eigenvalue weighted by Crippen LogP contribution is -2.11. The molecule has 2 aromatic heterocycles. The maximum Gasteiger partial charge on any atom is 0.269 e. The minimum atomic E-state index is -0.147. The van der Waals surface area contributed by atoms with Crippen LogP contribution >= 0.6 is 22.7 Å². The number of unbranched alkanes of at least 4 members (excludes halogenated alkanes) is 1. The van der Waals surface area contributed by atoms with Gasteiger partial charge in [0.25, 0.3) is 5.91 Å². The van der Waals surface area contributed by atoms with Crippen LogP contribution in [0.3, 0.4) is 0 Å². The van der Waals surface area contributed by atoms with E-state index in [1.165, 1.54) is 22.7 Å². The first kappa shape index (κ1) is 19.5. The van der Waals surface area contributed by atoms with Gasteiger partial charge in [-0.2, -0.15) is 0 Å². The van der Waals surface area contributed by atoms with E-state index >= 15 is 0 Å². The van der Waals surface area contributed by atoms with Crippen molar-refractivity contribution >= 4 is 33.7 Å².